The fourth-order valence-electron chi connectivity index (χ4n) is 2.19. The van der Waals surface area contributed by atoms with Gasteiger partial charge in [0.15, 0.2) is 0 Å². The summed E-state index contributed by atoms with van der Waals surface area (Å²) in [5.74, 6) is 1.44. The van der Waals surface area contributed by atoms with E-state index in [9.17, 15) is 9.90 Å². The van der Waals surface area contributed by atoms with Gasteiger partial charge in [-0.2, -0.15) is 11.8 Å². The summed E-state index contributed by atoms with van der Waals surface area (Å²) in [6.45, 7) is 2.14. The summed E-state index contributed by atoms with van der Waals surface area (Å²) in [6, 6.07) is 0. The van der Waals surface area contributed by atoms with Crippen LogP contribution in [0.25, 0.3) is 0 Å². The van der Waals surface area contributed by atoms with Crippen molar-refractivity contribution in [1.29, 1.82) is 0 Å². The van der Waals surface area contributed by atoms with E-state index >= 15 is 0 Å². The molecule has 0 saturated carbocycles. The number of thioether (sulfide) groups is 1. The van der Waals surface area contributed by atoms with E-state index in [2.05, 4.69) is 13.0 Å². The topological polar surface area (TPSA) is 57.5 Å². The maximum atomic E-state index is 10.3. The first kappa shape index (κ1) is 21.5. The average Bonchev–Trinajstić information content (AvgIpc) is 2.49. The standard InChI is InChI=1S/C18H34O3S/c1-2-3-12-17(19)13-9-7-5-4-6-8-10-15-22-16-11-14-18(20)21/h9,13,17,19H,2-8,10-12,14-16H2,1H3,(H,20,21). The van der Waals surface area contributed by atoms with Crippen LogP contribution >= 0.6 is 11.8 Å². The van der Waals surface area contributed by atoms with Crippen LogP contribution in [0.5, 0.6) is 0 Å². The molecular formula is C18H34O3S. The second kappa shape index (κ2) is 16.9. The number of hydrogen-bond acceptors (Lipinski definition) is 3. The van der Waals surface area contributed by atoms with Gasteiger partial charge in [-0.15, -0.1) is 0 Å². The molecule has 0 aliphatic heterocycles. The normalized spacial score (nSPS) is 12.8. The van der Waals surface area contributed by atoms with Crippen molar-refractivity contribution in [3.63, 3.8) is 0 Å². The molecule has 0 aromatic heterocycles. The zero-order chi connectivity index (χ0) is 16.5. The van der Waals surface area contributed by atoms with Gasteiger partial charge in [-0.3, -0.25) is 4.79 Å². The highest BCUT2D eigenvalue weighted by molar-refractivity contribution is 7.99. The second-order valence-corrected chi connectivity index (χ2v) is 7.03. The second-order valence-electron chi connectivity index (χ2n) is 5.80. The minimum Gasteiger partial charge on any atom is -0.481 e. The number of carboxylic acids is 1. The maximum absolute atomic E-state index is 10.3. The Balaban J connectivity index is 3.17. The van der Waals surface area contributed by atoms with Gasteiger partial charge in [0.25, 0.3) is 0 Å². The molecule has 0 aliphatic carbocycles. The van der Waals surface area contributed by atoms with E-state index in [-0.39, 0.29) is 6.10 Å². The van der Waals surface area contributed by atoms with E-state index in [0.717, 1.165) is 43.6 Å². The molecule has 0 radical (unpaired) electrons. The summed E-state index contributed by atoms with van der Waals surface area (Å²) < 4.78 is 0. The Morgan fingerprint density at radius 3 is 2.45 bits per heavy atom. The largest absolute Gasteiger partial charge is 0.481 e. The highest BCUT2D eigenvalue weighted by Crippen LogP contribution is 2.12. The molecule has 22 heavy (non-hydrogen) atoms. The average molecular weight is 331 g/mol. The first-order valence-corrected chi connectivity index (χ1v) is 9.96. The number of allylic oxidation sites excluding steroid dienone is 1. The van der Waals surface area contributed by atoms with Gasteiger partial charge in [0.2, 0.25) is 0 Å². The number of carbonyl (C=O) groups is 1. The molecule has 0 saturated heterocycles. The number of unbranched alkanes of at least 4 members (excludes halogenated alkanes) is 6. The van der Waals surface area contributed by atoms with Crippen molar-refractivity contribution >= 4 is 17.7 Å². The molecule has 0 aliphatic rings. The van der Waals surface area contributed by atoms with Gasteiger partial charge in [-0.1, -0.05) is 51.2 Å². The van der Waals surface area contributed by atoms with Gasteiger partial charge in [0.1, 0.15) is 0 Å². The SMILES string of the molecule is CCCCC(O)C=CCCCCCCCSCCCC(=O)O. The molecule has 1 atom stereocenters. The number of carboxylic acid groups (broad SMARTS) is 1. The molecule has 0 aromatic rings. The van der Waals surface area contributed by atoms with Crippen LogP contribution in [-0.2, 0) is 4.79 Å². The lowest BCUT2D eigenvalue weighted by atomic mass is 10.1. The fourth-order valence-corrected chi connectivity index (χ4v) is 3.15. The zero-order valence-corrected chi connectivity index (χ0v) is 15.0. The van der Waals surface area contributed by atoms with E-state index in [1.54, 1.807) is 0 Å². The number of aliphatic hydroxyl groups excluding tert-OH is 1. The van der Waals surface area contributed by atoms with Crippen LogP contribution in [0.2, 0.25) is 0 Å². The molecule has 4 heteroatoms. The molecule has 0 spiro atoms. The molecule has 0 aromatic carbocycles. The third kappa shape index (κ3) is 17.6. The van der Waals surface area contributed by atoms with Crippen LogP contribution in [0, 0.1) is 0 Å². The smallest absolute Gasteiger partial charge is 0.303 e. The number of rotatable bonds is 16. The van der Waals surface area contributed by atoms with Crippen molar-refractivity contribution in [3.8, 4) is 0 Å². The van der Waals surface area contributed by atoms with Crippen molar-refractivity contribution in [2.24, 2.45) is 0 Å². The molecule has 3 nitrogen and oxygen atoms in total. The van der Waals surface area contributed by atoms with Crippen LogP contribution in [0.4, 0.5) is 0 Å². The van der Waals surface area contributed by atoms with Crippen molar-refractivity contribution < 1.29 is 15.0 Å². The minimum atomic E-state index is -0.687. The van der Waals surface area contributed by atoms with E-state index in [1.807, 2.05) is 17.8 Å². The van der Waals surface area contributed by atoms with Crippen LogP contribution in [0.3, 0.4) is 0 Å². The number of aliphatic hydroxyl groups is 1. The van der Waals surface area contributed by atoms with E-state index in [4.69, 9.17) is 5.11 Å². The highest BCUT2D eigenvalue weighted by atomic mass is 32.2. The van der Waals surface area contributed by atoms with E-state index < -0.39 is 5.97 Å². The van der Waals surface area contributed by atoms with Crippen molar-refractivity contribution in [2.45, 2.75) is 83.7 Å². The van der Waals surface area contributed by atoms with Crippen molar-refractivity contribution in [1.82, 2.24) is 0 Å². The predicted octanol–water partition coefficient (Wildman–Crippen LogP) is 5.03. The van der Waals surface area contributed by atoms with E-state index in [1.165, 1.54) is 32.1 Å². The Bertz CT molecular complexity index is 280. The monoisotopic (exact) mass is 330 g/mol. The van der Waals surface area contributed by atoms with Gasteiger partial charge in [-0.05, 0) is 43.6 Å². The summed E-state index contributed by atoms with van der Waals surface area (Å²) in [5.41, 5.74) is 0. The molecule has 0 amide bonds. The Hall–Kier alpha value is -0.480. The molecule has 0 bridgehead atoms. The van der Waals surface area contributed by atoms with Gasteiger partial charge < -0.3 is 10.2 Å². The summed E-state index contributed by atoms with van der Waals surface area (Å²) in [7, 11) is 0. The summed E-state index contributed by atoms with van der Waals surface area (Å²) in [4.78, 5) is 10.3. The molecule has 2 N–H and O–H groups in total. The molecule has 0 rings (SSSR count). The number of aliphatic carboxylic acids is 1. The van der Waals surface area contributed by atoms with Crippen LogP contribution in [-0.4, -0.2) is 33.8 Å². The minimum absolute atomic E-state index is 0.252. The van der Waals surface area contributed by atoms with E-state index in [0.29, 0.717) is 6.42 Å². The van der Waals surface area contributed by atoms with Crippen LogP contribution in [0.15, 0.2) is 12.2 Å². The first-order chi connectivity index (χ1) is 10.7. The summed E-state index contributed by atoms with van der Waals surface area (Å²) >= 11 is 1.87. The quantitative estimate of drug-likeness (QED) is 0.308. The molecule has 1 unspecified atom stereocenters. The zero-order valence-electron chi connectivity index (χ0n) is 14.1. The molecule has 0 heterocycles. The van der Waals surface area contributed by atoms with Gasteiger partial charge in [-0.25, -0.2) is 0 Å². The van der Waals surface area contributed by atoms with Gasteiger partial charge in [0.05, 0.1) is 6.10 Å². The molecule has 130 valence electrons. The fraction of sp³-hybridized carbons (Fsp3) is 0.833. The third-order valence-corrected chi connectivity index (χ3v) is 4.71. The van der Waals surface area contributed by atoms with Crippen LogP contribution < -0.4 is 0 Å². The summed E-state index contributed by atoms with van der Waals surface area (Å²) in [5, 5.41) is 18.2. The Labute approximate surface area is 140 Å². The lowest BCUT2D eigenvalue weighted by Gasteiger charge is -2.03. The lowest BCUT2D eigenvalue weighted by molar-refractivity contribution is -0.137. The van der Waals surface area contributed by atoms with Crippen molar-refractivity contribution in [2.75, 3.05) is 11.5 Å². The van der Waals surface area contributed by atoms with Crippen LogP contribution in [0.1, 0.15) is 77.6 Å². The first-order valence-electron chi connectivity index (χ1n) is 8.81. The third-order valence-electron chi connectivity index (χ3n) is 3.55. The Morgan fingerprint density at radius 1 is 1.05 bits per heavy atom. The van der Waals surface area contributed by atoms with Crippen molar-refractivity contribution in [3.05, 3.63) is 12.2 Å². The summed E-state index contributed by atoms with van der Waals surface area (Å²) in [6.07, 6.45) is 15.4. The lowest BCUT2D eigenvalue weighted by Crippen LogP contribution is -2.00. The Morgan fingerprint density at radius 2 is 1.73 bits per heavy atom. The van der Waals surface area contributed by atoms with Gasteiger partial charge >= 0.3 is 5.97 Å². The Kier molecular flexibility index (Phi) is 16.5. The number of hydrogen-bond donors (Lipinski definition) is 2. The molecule has 0 fully saturated rings. The predicted molar refractivity (Wildman–Crippen MR) is 96.6 cm³/mol. The maximum Gasteiger partial charge on any atom is 0.303 e. The highest BCUT2D eigenvalue weighted by Gasteiger charge is 1.98. The molecular weight excluding hydrogens is 296 g/mol. The van der Waals surface area contributed by atoms with Gasteiger partial charge in [0, 0.05) is 6.42 Å².